The van der Waals surface area contributed by atoms with Gasteiger partial charge < -0.3 is 19.8 Å². The van der Waals surface area contributed by atoms with Crippen LogP contribution in [0.25, 0.3) is 11.0 Å². The SMILES string of the molecule is CCCC(N)c1nc2cc(OC)c(OC)cc2n1C(C)C. The fourth-order valence-electron chi connectivity index (χ4n) is 2.69. The molecule has 1 atom stereocenters. The lowest BCUT2D eigenvalue weighted by atomic mass is 10.1. The summed E-state index contributed by atoms with van der Waals surface area (Å²) in [5.74, 6) is 2.33. The summed E-state index contributed by atoms with van der Waals surface area (Å²) in [6.07, 6.45) is 1.96. The van der Waals surface area contributed by atoms with Gasteiger partial charge in [0, 0.05) is 18.2 Å². The topological polar surface area (TPSA) is 62.3 Å². The number of aromatic nitrogens is 2. The van der Waals surface area contributed by atoms with Crippen LogP contribution in [0.4, 0.5) is 0 Å². The monoisotopic (exact) mass is 291 g/mol. The van der Waals surface area contributed by atoms with Gasteiger partial charge in [-0.1, -0.05) is 13.3 Å². The summed E-state index contributed by atoms with van der Waals surface area (Å²) >= 11 is 0. The molecular weight excluding hydrogens is 266 g/mol. The third-order valence-electron chi connectivity index (χ3n) is 3.67. The number of imidazole rings is 1. The highest BCUT2D eigenvalue weighted by molar-refractivity contribution is 5.81. The van der Waals surface area contributed by atoms with E-state index in [2.05, 4.69) is 25.3 Å². The van der Waals surface area contributed by atoms with Crippen molar-refractivity contribution in [2.24, 2.45) is 5.73 Å². The molecule has 21 heavy (non-hydrogen) atoms. The molecule has 0 amide bonds. The third-order valence-corrected chi connectivity index (χ3v) is 3.67. The van der Waals surface area contributed by atoms with Crippen LogP contribution >= 0.6 is 0 Å². The number of fused-ring (bicyclic) bond motifs is 1. The molecule has 1 aromatic heterocycles. The first-order chi connectivity index (χ1) is 10.0. The molecule has 0 spiro atoms. The zero-order chi connectivity index (χ0) is 15.6. The minimum absolute atomic E-state index is 0.0539. The Balaban J connectivity index is 2.67. The number of ether oxygens (including phenoxy) is 2. The zero-order valence-corrected chi connectivity index (χ0v) is 13.5. The Hall–Kier alpha value is -1.75. The lowest BCUT2D eigenvalue weighted by Crippen LogP contribution is -2.17. The van der Waals surface area contributed by atoms with Crippen LogP contribution in [-0.4, -0.2) is 23.8 Å². The third kappa shape index (κ3) is 2.83. The van der Waals surface area contributed by atoms with E-state index in [1.165, 1.54) is 0 Å². The van der Waals surface area contributed by atoms with Crippen LogP contribution in [0.2, 0.25) is 0 Å². The summed E-state index contributed by atoms with van der Waals surface area (Å²) in [5, 5.41) is 0. The van der Waals surface area contributed by atoms with Crippen molar-refractivity contribution in [3.05, 3.63) is 18.0 Å². The van der Waals surface area contributed by atoms with Crippen molar-refractivity contribution in [2.45, 2.75) is 45.7 Å². The maximum Gasteiger partial charge on any atom is 0.163 e. The van der Waals surface area contributed by atoms with Crippen LogP contribution in [-0.2, 0) is 0 Å². The molecule has 0 aliphatic rings. The molecule has 1 aromatic carbocycles. The predicted molar refractivity (Wildman–Crippen MR) is 85.1 cm³/mol. The van der Waals surface area contributed by atoms with Gasteiger partial charge in [-0.2, -0.15) is 0 Å². The smallest absolute Gasteiger partial charge is 0.163 e. The average Bonchev–Trinajstić information content (AvgIpc) is 2.84. The Morgan fingerprint density at radius 1 is 1.19 bits per heavy atom. The standard InChI is InChI=1S/C16H25N3O2/c1-6-7-11(17)16-18-12-8-14(20-4)15(21-5)9-13(12)19(16)10(2)3/h8-11H,6-7,17H2,1-5H3. The normalized spacial score (nSPS) is 12.9. The van der Waals surface area contributed by atoms with E-state index >= 15 is 0 Å². The van der Waals surface area contributed by atoms with Gasteiger partial charge in [0.25, 0.3) is 0 Å². The first kappa shape index (κ1) is 15.6. The fraction of sp³-hybridized carbons (Fsp3) is 0.562. The maximum atomic E-state index is 6.30. The molecule has 5 heteroatoms. The Bertz CT molecular complexity index is 619. The van der Waals surface area contributed by atoms with Gasteiger partial charge in [-0.25, -0.2) is 4.98 Å². The van der Waals surface area contributed by atoms with Gasteiger partial charge in [0.15, 0.2) is 11.5 Å². The number of hydrogen-bond acceptors (Lipinski definition) is 4. The predicted octanol–water partition coefficient (Wildman–Crippen LogP) is 3.43. The quantitative estimate of drug-likeness (QED) is 0.885. The molecule has 2 N–H and O–H groups in total. The summed E-state index contributed by atoms with van der Waals surface area (Å²) in [6.45, 7) is 6.41. The van der Waals surface area contributed by atoms with Gasteiger partial charge in [0.2, 0.25) is 0 Å². The highest BCUT2D eigenvalue weighted by atomic mass is 16.5. The Morgan fingerprint density at radius 3 is 2.33 bits per heavy atom. The molecule has 0 saturated carbocycles. The van der Waals surface area contributed by atoms with Gasteiger partial charge in [-0.3, -0.25) is 0 Å². The Labute approximate surface area is 126 Å². The van der Waals surface area contributed by atoms with Crippen molar-refractivity contribution in [3.8, 4) is 11.5 Å². The second-order valence-electron chi connectivity index (χ2n) is 5.52. The summed E-state index contributed by atoms with van der Waals surface area (Å²) < 4.78 is 12.9. The molecule has 1 unspecified atom stereocenters. The molecule has 0 aliphatic heterocycles. The number of nitrogens with two attached hydrogens (primary N) is 1. The van der Waals surface area contributed by atoms with Crippen molar-refractivity contribution in [1.29, 1.82) is 0 Å². The number of hydrogen-bond donors (Lipinski definition) is 1. The Kier molecular flexibility index (Phi) is 4.73. The van der Waals surface area contributed by atoms with Crippen LogP contribution in [0.1, 0.15) is 51.5 Å². The van der Waals surface area contributed by atoms with E-state index in [4.69, 9.17) is 20.2 Å². The minimum Gasteiger partial charge on any atom is -0.493 e. The van der Waals surface area contributed by atoms with Crippen molar-refractivity contribution in [1.82, 2.24) is 9.55 Å². The number of methoxy groups -OCH3 is 2. The highest BCUT2D eigenvalue weighted by Gasteiger charge is 2.20. The van der Waals surface area contributed by atoms with Crippen LogP contribution in [0.3, 0.4) is 0 Å². The maximum absolute atomic E-state index is 6.30. The molecule has 116 valence electrons. The summed E-state index contributed by atoms with van der Waals surface area (Å²) in [7, 11) is 3.27. The van der Waals surface area contributed by atoms with Crippen molar-refractivity contribution in [3.63, 3.8) is 0 Å². The molecule has 2 aromatic rings. The molecule has 0 fully saturated rings. The number of nitrogens with zero attached hydrogens (tertiary/aromatic N) is 2. The van der Waals surface area contributed by atoms with E-state index in [0.717, 1.165) is 29.7 Å². The number of benzene rings is 1. The van der Waals surface area contributed by atoms with E-state index in [0.29, 0.717) is 11.5 Å². The zero-order valence-electron chi connectivity index (χ0n) is 13.5. The van der Waals surface area contributed by atoms with Crippen molar-refractivity contribution in [2.75, 3.05) is 14.2 Å². The lowest BCUT2D eigenvalue weighted by Gasteiger charge is -2.17. The molecule has 1 heterocycles. The summed E-state index contributed by atoms with van der Waals surface area (Å²) in [6, 6.07) is 4.12. The molecule has 0 aliphatic carbocycles. The van der Waals surface area contributed by atoms with E-state index < -0.39 is 0 Å². The molecule has 0 radical (unpaired) electrons. The van der Waals surface area contributed by atoms with Gasteiger partial charge in [-0.15, -0.1) is 0 Å². The van der Waals surface area contributed by atoms with E-state index in [-0.39, 0.29) is 12.1 Å². The highest BCUT2D eigenvalue weighted by Crippen LogP contribution is 2.35. The lowest BCUT2D eigenvalue weighted by molar-refractivity contribution is 0.355. The Morgan fingerprint density at radius 2 is 1.81 bits per heavy atom. The van der Waals surface area contributed by atoms with Gasteiger partial charge in [0.05, 0.1) is 31.3 Å². The average molecular weight is 291 g/mol. The van der Waals surface area contributed by atoms with Gasteiger partial charge in [-0.05, 0) is 20.3 Å². The van der Waals surface area contributed by atoms with Crippen LogP contribution < -0.4 is 15.2 Å². The van der Waals surface area contributed by atoms with Crippen LogP contribution in [0.5, 0.6) is 11.5 Å². The van der Waals surface area contributed by atoms with E-state index in [1.54, 1.807) is 14.2 Å². The second kappa shape index (κ2) is 6.35. The molecule has 0 bridgehead atoms. The molecule has 0 saturated heterocycles. The first-order valence-electron chi connectivity index (χ1n) is 7.42. The second-order valence-corrected chi connectivity index (χ2v) is 5.52. The molecule has 5 nitrogen and oxygen atoms in total. The van der Waals surface area contributed by atoms with Crippen LogP contribution in [0, 0.1) is 0 Å². The fourth-order valence-corrected chi connectivity index (χ4v) is 2.69. The molecular formula is C16H25N3O2. The van der Waals surface area contributed by atoms with Crippen molar-refractivity contribution < 1.29 is 9.47 Å². The van der Waals surface area contributed by atoms with Crippen LogP contribution in [0.15, 0.2) is 12.1 Å². The van der Waals surface area contributed by atoms with Crippen molar-refractivity contribution >= 4 is 11.0 Å². The van der Waals surface area contributed by atoms with E-state index in [9.17, 15) is 0 Å². The minimum atomic E-state index is -0.0539. The van der Waals surface area contributed by atoms with Gasteiger partial charge in [0.1, 0.15) is 5.82 Å². The van der Waals surface area contributed by atoms with E-state index in [1.807, 2.05) is 12.1 Å². The van der Waals surface area contributed by atoms with Gasteiger partial charge >= 0.3 is 0 Å². The number of rotatable bonds is 6. The largest absolute Gasteiger partial charge is 0.493 e. The summed E-state index contributed by atoms with van der Waals surface area (Å²) in [4.78, 5) is 4.74. The first-order valence-corrected chi connectivity index (χ1v) is 7.42. The summed E-state index contributed by atoms with van der Waals surface area (Å²) in [5.41, 5.74) is 8.23. The molecule has 2 rings (SSSR count).